The molecule has 1 amide bonds. The third-order valence-electron chi connectivity index (χ3n) is 8.98. The molecular formula is C34H47N3O10S. The molecule has 2 aromatic rings. The molecule has 0 aliphatic carbocycles. The number of hydrogen-bond donors (Lipinski definition) is 3. The van der Waals surface area contributed by atoms with Crippen LogP contribution in [-0.2, 0) is 35.5 Å². The third-order valence-corrected chi connectivity index (χ3v) is 10.5. The Hall–Kier alpha value is -3.43. The van der Waals surface area contributed by atoms with Gasteiger partial charge in [-0.05, 0) is 62.1 Å². The zero-order valence-corrected chi connectivity index (χ0v) is 28.7. The molecule has 6 atom stereocenters. The lowest BCUT2D eigenvalue weighted by atomic mass is 9.78. The Bertz CT molecular complexity index is 1520. The topological polar surface area (TPSA) is 163 Å². The molecular weight excluding hydrogens is 642 g/mol. The number of ether oxygens (including phenoxy) is 5. The maximum atomic E-state index is 13.9. The molecule has 0 bridgehead atoms. The highest BCUT2D eigenvalue weighted by atomic mass is 32.2. The number of aliphatic hydroxyl groups is 1. The molecule has 0 aromatic heterocycles. The quantitative estimate of drug-likeness (QED) is 0.185. The summed E-state index contributed by atoms with van der Waals surface area (Å²) in [6, 6.07) is 11.8. The first-order valence-electron chi connectivity index (χ1n) is 16.3. The average Bonchev–Trinajstić information content (AvgIpc) is 3.68. The number of aliphatic hydroxyl groups excluding tert-OH is 1. The summed E-state index contributed by atoms with van der Waals surface area (Å²) in [4.78, 5) is 18.2. The van der Waals surface area contributed by atoms with E-state index in [-0.39, 0.29) is 30.3 Å². The molecule has 0 radical (unpaired) electrons. The van der Waals surface area contributed by atoms with Crippen molar-refractivity contribution in [3.63, 3.8) is 0 Å². The fourth-order valence-corrected chi connectivity index (χ4v) is 7.65. The zero-order valence-electron chi connectivity index (χ0n) is 27.9. The molecule has 2 fully saturated rings. The molecule has 48 heavy (non-hydrogen) atoms. The van der Waals surface area contributed by atoms with Crippen LogP contribution in [0.15, 0.2) is 58.6 Å². The number of nitrogens with one attached hydrogen (secondary N) is 2. The number of carbonyl (C=O) groups excluding carboxylic acids is 1. The number of oxime groups is 1. The van der Waals surface area contributed by atoms with Crippen molar-refractivity contribution >= 4 is 21.8 Å². The van der Waals surface area contributed by atoms with Gasteiger partial charge in [0.05, 0.1) is 47.9 Å². The molecule has 13 nitrogen and oxygen atoms in total. The van der Waals surface area contributed by atoms with E-state index in [2.05, 4.69) is 15.2 Å². The smallest absolute Gasteiger partial charge is 0.407 e. The Morgan fingerprint density at radius 3 is 2.56 bits per heavy atom. The van der Waals surface area contributed by atoms with Crippen molar-refractivity contribution in [2.24, 2.45) is 16.5 Å². The molecule has 3 N–H and O–H groups in total. The van der Waals surface area contributed by atoms with E-state index in [9.17, 15) is 18.3 Å². The first-order chi connectivity index (χ1) is 22.9. The maximum Gasteiger partial charge on any atom is 0.407 e. The van der Waals surface area contributed by atoms with Crippen LogP contribution in [0.3, 0.4) is 0 Å². The molecule has 1 unspecified atom stereocenters. The van der Waals surface area contributed by atoms with Crippen molar-refractivity contribution in [1.29, 1.82) is 0 Å². The van der Waals surface area contributed by atoms with E-state index in [0.29, 0.717) is 50.6 Å². The minimum absolute atomic E-state index is 0.0358. The number of hydrogen-bond acceptors (Lipinski definition) is 11. The number of rotatable bonds is 15. The van der Waals surface area contributed by atoms with E-state index >= 15 is 0 Å². The molecule has 3 heterocycles. The van der Waals surface area contributed by atoms with Gasteiger partial charge in [0.15, 0.2) is 17.8 Å². The van der Waals surface area contributed by atoms with Crippen LogP contribution in [0.4, 0.5) is 4.79 Å². The number of sulfonamides is 1. The SMILES string of the molecule is CON=C(C)CCC(C)(C)CC(NS(=O)(=O)c1ccc2c(c1)OCCO2)[C@H](O)[C@H](Cc1ccccc1)NC(=O)O[C@H]1CO[C@H]2OCC[C@H]21. The lowest BCUT2D eigenvalue weighted by Gasteiger charge is -2.36. The van der Waals surface area contributed by atoms with Gasteiger partial charge in [0.1, 0.15) is 26.4 Å². The average molecular weight is 690 g/mol. The van der Waals surface area contributed by atoms with Gasteiger partial charge in [-0.2, -0.15) is 0 Å². The van der Waals surface area contributed by atoms with E-state index in [4.69, 9.17) is 28.5 Å². The molecule has 0 spiro atoms. The lowest BCUT2D eigenvalue weighted by molar-refractivity contribution is -0.0907. The van der Waals surface area contributed by atoms with Gasteiger partial charge in [-0.1, -0.05) is 49.3 Å². The summed E-state index contributed by atoms with van der Waals surface area (Å²) in [5.41, 5.74) is 1.16. The van der Waals surface area contributed by atoms with Crippen LogP contribution in [0.1, 0.15) is 52.0 Å². The molecule has 14 heteroatoms. The van der Waals surface area contributed by atoms with Crippen molar-refractivity contribution in [3.8, 4) is 11.5 Å². The van der Waals surface area contributed by atoms with Crippen LogP contribution in [0.5, 0.6) is 11.5 Å². The Morgan fingerprint density at radius 2 is 1.81 bits per heavy atom. The van der Waals surface area contributed by atoms with Crippen molar-refractivity contribution in [1.82, 2.24) is 10.0 Å². The summed E-state index contributed by atoms with van der Waals surface area (Å²) < 4.78 is 58.8. The summed E-state index contributed by atoms with van der Waals surface area (Å²) in [5.74, 6) is 0.719. The van der Waals surface area contributed by atoms with Crippen LogP contribution in [-0.4, -0.2) is 89.4 Å². The molecule has 264 valence electrons. The molecule has 2 aromatic carbocycles. The number of fused-ring (bicyclic) bond motifs is 2. The van der Waals surface area contributed by atoms with Crippen molar-refractivity contribution < 1.29 is 46.8 Å². The molecule has 2 saturated heterocycles. The van der Waals surface area contributed by atoms with Crippen LogP contribution in [0.25, 0.3) is 0 Å². The predicted molar refractivity (Wildman–Crippen MR) is 176 cm³/mol. The normalized spacial score (nSPS) is 22.8. The highest BCUT2D eigenvalue weighted by molar-refractivity contribution is 7.89. The van der Waals surface area contributed by atoms with Crippen molar-refractivity contribution in [2.45, 2.75) is 88.4 Å². The highest BCUT2D eigenvalue weighted by Gasteiger charge is 2.44. The van der Waals surface area contributed by atoms with E-state index in [1.165, 1.54) is 19.2 Å². The monoisotopic (exact) mass is 689 g/mol. The van der Waals surface area contributed by atoms with Gasteiger partial charge < -0.3 is 38.9 Å². The van der Waals surface area contributed by atoms with Crippen molar-refractivity contribution in [3.05, 3.63) is 54.1 Å². The largest absolute Gasteiger partial charge is 0.486 e. The fraction of sp³-hybridized carbons (Fsp3) is 0.588. The standard InChI is InChI=1S/C34H47N3O10S/c1-22(36-42-4)12-14-34(2,3)20-27(37-48(40,41)24-10-11-28-29(19-24)44-17-16-43-28)31(38)26(18-23-8-6-5-7-9-23)35-33(39)47-30-21-46-32-25(30)13-15-45-32/h5-11,19,25-27,30-32,37-38H,12-18,20-21H2,1-4H3,(H,35,39)/t25-,26-,27?,30-,31+,32+/m0/s1. The fourth-order valence-electron chi connectivity index (χ4n) is 6.38. The second-order valence-electron chi connectivity index (χ2n) is 13.3. The van der Waals surface area contributed by atoms with Crippen LogP contribution < -0.4 is 19.5 Å². The summed E-state index contributed by atoms with van der Waals surface area (Å²) in [6.07, 6.45) is -0.576. The molecule has 3 aliphatic heterocycles. The molecule has 0 saturated carbocycles. The molecule has 3 aliphatic rings. The Kier molecular flexibility index (Phi) is 11.8. The van der Waals surface area contributed by atoms with Crippen molar-refractivity contribution in [2.75, 3.05) is 33.5 Å². The van der Waals surface area contributed by atoms with Crippen LogP contribution in [0, 0.1) is 11.3 Å². The third kappa shape index (κ3) is 9.38. The van der Waals surface area contributed by atoms with Gasteiger partial charge in [0.25, 0.3) is 0 Å². The van der Waals surface area contributed by atoms with Gasteiger partial charge in [0, 0.05) is 6.07 Å². The lowest BCUT2D eigenvalue weighted by Crippen LogP contribution is -2.56. The number of alkyl carbamates (subject to hydrolysis) is 1. The second-order valence-corrected chi connectivity index (χ2v) is 15.0. The van der Waals surface area contributed by atoms with E-state index < -0.39 is 52.1 Å². The Morgan fingerprint density at radius 1 is 1.06 bits per heavy atom. The summed E-state index contributed by atoms with van der Waals surface area (Å²) in [5, 5.41) is 18.9. The van der Waals surface area contributed by atoms with Gasteiger partial charge >= 0.3 is 6.09 Å². The number of amides is 1. The van der Waals surface area contributed by atoms with Gasteiger partial charge in [-0.15, -0.1) is 0 Å². The van der Waals surface area contributed by atoms with Gasteiger partial charge in [-0.3, -0.25) is 0 Å². The van der Waals surface area contributed by atoms with E-state index in [0.717, 1.165) is 11.3 Å². The summed E-state index contributed by atoms with van der Waals surface area (Å²) in [7, 11) is -2.69. The Balaban J connectivity index is 1.40. The zero-order chi connectivity index (χ0) is 34.3. The highest BCUT2D eigenvalue weighted by Crippen LogP contribution is 2.35. The minimum atomic E-state index is -4.18. The van der Waals surface area contributed by atoms with Gasteiger partial charge in [-0.25, -0.2) is 17.9 Å². The predicted octanol–water partition coefficient (Wildman–Crippen LogP) is 3.78. The Labute approximate surface area is 282 Å². The minimum Gasteiger partial charge on any atom is -0.486 e. The maximum absolute atomic E-state index is 13.9. The number of benzene rings is 2. The number of nitrogens with zero attached hydrogens (tertiary/aromatic N) is 1. The van der Waals surface area contributed by atoms with Crippen LogP contribution in [0.2, 0.25) is 0 Å². The first-order valence-corrected chi connectivity index (χ1v) is 17.8. The van der Waals surface area contributed by atoms with Crippen LogP contribution >= 0.6 is 0 Å². The summed E-state index contributed by atoms with van der Waals surface area (Å²) >= 11 is 0. The van der Waals surface area contributed by atoms with Gasteiger partial charge in [0.2, 0.25) is 10.0 Å². The molecule has 5 rings (SSSR count). The number of carbonyl (C=O) groups is 1. The first kappa shape index (κ1) is 35.9. The van der Waals surface area contributed by atoms with E-state index in [1.807, 2.05) is 51.1 Å². The summed E-state index contributed by atoms with van der Waals surface area (Å²) in [6.45, 7) is 7.28. The second kappa shape index (κ2) is 15.9. The van der Waals surface area contributed by atoms with E-state index in [1.54, 1.807) is 6.07 Å².